The summed E-state index contributed by atoms with van der Waals surface area (Å²) in [5.41, 5.74) is 3.61. The Morgan fingerprint density at radius 3 is 2.38 bits per heavy atom. The third kappa shape index (κ3) is 8.24. The molecule has 0 bridgehead atoms. The molecule has 40 heavy (non-hydrogen) atoms. The van der Waals surface area contributed by atoms with Gasteiger partial charge in [0.2, 0.25) is 0 Å². The summed E-state index contributed by atoms with van der Waals surface area (Å²) in [6, 6.07) is 15.0. The number of benzene rings is 2. The van der Waals surface area contributed by atoms with Crippen LogP contribution in [0.5, 0.6) is 0 Å². The molecule has 2 aromatic carbocycles. The lowest BCUT2D eigenvalue weighted by molar-refractivity contribution is -0.268. The lowest BCUT2D eigenvalue weighted by atomic mass is 9.91. The van der Waals surface area contributed by atoms with E-state index in [1.54, 1.807) is 30.0 Å². The van der Waals surface area contributed by atoms with Crippen LogP contribution in [0.4, 0.5) is 4.79 Å². The molecule has 1 aromatic heterocycles. The number of thioether (sulfide) groups is 1. The van der Waals surface area contributed by atoms with Crippen LogP contribution < -0.4 is 10.6 Å². The first-order valence-corrected chi connectivity index (χ1v) is 14.9. The van der Waals surface area contributed by atoms with Crippen molar-refractivity contribution < 1.29 is 28.9 Å². The number of carbonyl (C=O) groups is 2. The molecule has 0 radical (unpaired) electrons. The molecule has 2 heterocycles. The van der Waals surface area contributed by atoms with Crippen LogP contribution in [-0.2, 0) is 32.2 Å². The molecular formula is C28H34N4O6S2. The SMILES string of the molecule is CCOC(=O)CNC(=O)NCc1ccc([C@H]2O[C@@H](CSc3nnc(C)s3)[C@@H](C)[C@@H](c3ccc(CO)cc3)O2)cc1. The van der Waals surface area contributed by atoms with Crippen molar-refractivity contribution in [1.29, 1.82) is 0 Å². The zero-order chi connectivity index (χ0) is 28.5. The minimum Gasteiger partial charge on any atom is -0.465 e. The fourth-order valence-corrected chi connectivity index (χ4v) is 6.21. The number of nitrogens with one attached hydrogen (secondary N) is 2. The van der Waals surface area contributed by atoms with Crippen molar-refractivity contribution in [1.82, 2.24) is 20.8 Å². The number of ether oxygens (including phenoxy) is 3. The fourth-order valence-electron chi connectivity index (χ4n) is 4.20. The number of amides is 2. The molecule has 3 N–H and O–H groups in total. The van der Waals surface area contributed by atoms with E-state index in [1.165, 1.54) is 0 Å². The van der Waals surface area contributed by atoms with Crippen molar-refractivity contribution in [2.75, 3.05) is 18.9 Å². The number of hydrogen-bond acceptors (Lipinski definition) is 10. The van der Waals surface area contributed by atoms with E-state index in [1.807, 2.05) is 55.5 Å². The Hall–Kier alpha value is -3.03. The van der Waals surface area contributed by atoms with Crippen molar-refractivity contribution in [3.05, 3.63) is 75.8 Å². The second kappa shape index (κ2) is 14.6. The highest BCUT2D eigenvalue weighted by Gasteiger charge is 2.38. The van der Waals surface area contributed by atoms with Gasteiger partial charge in [-0.1, -0.05) is 78.6 Å². The molecule has 214 valence electrons. The number of aromatic nitrogens is 2. The molecule has 12 heteroatoms. The number of hydrogen-bond donors (Lipinski definition) is 3. The van der Waals surface area contributed by atoms with Gasteiger partial charge in [0.1, 0.15) is 11.6 Å². The number of urea groups is 1. The van der Waals surface area contributed by atoms with E-state index in [0.29, 0.717) is 12.3 Å². The summed E-state index contributed by atoms with van der Waals surface area (Å²) in [4.78, 5) is 23.4. The summed E-state index contributed by atoms with van der Waals surface area (Å²) in [7, 11) is 0. The molecule has 4 atom stereocenters. The molecule has 1 aliphatic heterocycles. The zero-order valence-corrected chi connectivity index (χ0v) is 24.3. The maximum atomic E-state index is 12.0. The van der Waals surface area contributed by atoms with Crippen LogP contribution in [0.3, 0.4) is 0 Å². The van der Waals surface area contributed by atoms with Gasteiger partial charge >= 0.3 is 12.0 Å². The maximum Gasteiger partial charge on any atom is 0.325 e. The second-order valence-electron chi connectivity index (χ2n) is 9.30. The van der Waals surface area contributed by atoms with Crippen LogP contribution >= 0.6 is 23.1 Å². The van der Waals surface area contributed by atoms with Gasteiger partial charge in [0.05, 0.1) is 25.4 Å². The molecule has 3 aromatic rings. The van der Waals surface area contributed by atoms with Gasteiger partial charge in [0, 0.05) is 23.8 Å². The molecule has 0 spiro atoms. The Labute approximate surface area is 241 Å². The number of aliphatic hydroxyl groups is 1. The Bertz CT molecular complexity index is 1250. The average molecular weight is 587 g/mol. The second-order valence-corrected chi connectivity index (χ2v) is 11.8. The van der Waals surface area contributed by atoms with Crippen LogP contribution in [0.1, 0.15) is 53.5 Å². The standard InChI is InChI=1S/C28H34N4O6S2/c1-4-36-24(34)14-30-27(35)29-13-19-5-11-22(12-6-19)26-37-23(16-39-28-32-31-18(3)40-28)17(2)25(38-26)21-9-7-20(15-33)8-10-21/h5-12,17,23,25-26,33H,4,13-16H2,1-3H3,(H2,29,30,35)/t17-,23+,25+,26+/m1/s1. The molecule has 0 aliphatic carbocycles. The number of rotatable bonds is 11. The molecule has 0 unspecified atom stereocenters. The molecule has 1 aliphatic rings. The van der Waals surface area contributed by atoms with Crippen LogP contribution in [0.15, 0.2) is 52.9 Å². The van der Waals surface area contributed by atoms with Crippen molar-refractivity contribution in [3.63, 3.8) is 0 Å². The van der Waals surface area contributed by atoms with Gasteiger partial charge in [-0.15, -0.1) is 10.2 Å². The minimum atomic E-state index is -0.588. The van der Waals surface area contributed by atoms with E-state index in [0.717, 1.165) is 31.6 Å². The van der Waals surface area contributed by atoms with E-state index < -0.39 is 18.3 Å². The van der Waals surface area contributed by atoms with Crippen molar-refractivity contribution in [2.45, 2.75) is 56.8 Å². The molecular weight excluding hydrogens is 552 g/mol. The zero-order valence-electron chi connectivity index (χ0n) is 22.7. The van der Waals surface area contributed by atoms with E-state index in [4.69, 9.17) is 14.2 Å². The number of esters is 1. The van der Waals surface area contributed by atoms with E-state index >= 15 is 0 Å². The molecule has 4 rings (SSSR count). The summed E-state index contributed by atoms with van der Waals surface area (Å²) < 4.78 is 18.7. The highest BCUT2D eigenvalue weighted by atomic mass is 32.2. The molecule has 0 saturated carbocycles. The summed E-state index contributed by atoms with van der Waals surface area (Å²) in [6.07, 6.45) is -0.909. The normalized spacial score (nSPS) is 20.6. The van der Waals surface area contributed by atoms with Crippen molar-refractivity contribution in [3.8, 4) is 0 Å². The van der Waals surface area contributed by atoms with Crippen molar-refractivity contribution >= 4 is 35.1 Å². The predicted molar refractivity (Wildman–Crippen MR) is 152 cm³/mol. The first kappa shape index (κ1) is 29.9. The lowest BCUT2D eigenvalue weighted by Gasteiger charge is -2.41. The molecule has 2 amide bonds. The first-order chi connectivity index (χ1) is 19.4. The van der Waals surface area contributed by atoms with Gasteiger partial charge in [-0.2, -0.15) is 0 Å². The monoisotopic (exact) mass is 586 g/mol. The largest absolute Gasteiger partial charge is 0.465 e. The Kier molecular flexibility index (Phi) is 10.9. The summed E-state index contributed by atoms with van der Waals surface area (Å²) >= 11 is 3.19. The van der Waals surface area contributed by atoms with Crippen LogP contribution in [0.2, 0.25) is 0 Å². The third-order valence-electron chi connectivity index (χ3n) is 6.41. The average Bonchev–Trinajstić information content (AvgIpc) is 3.39. The summed E-state index contributed by atoms with van der Waals surface area (Å²) in [5.74, 6) is 0.278. The Morgan fingerprint density at radius 2 is 1.73 bits per heavy atom. The minimum absolute atomic E-state index is 0.0120. The van der Waals surface area contributed by atoms with Gasteiger partial charge in [0.15, 0.2) is 10.6 Å². The lowest BCUT2D eigenvalue weighted by Crippen LogP contribution is -2.39. The van der Waals surface area contributed by atoms with E-state index in [9.17, 15) is 14.7 Å². The quantitative estimate of drug-likeness (QED) is 0.222. The third-order valence-corrected chi connectivity index (χ3v) is 8.47. The molecule has 10 nitrogen and oxygen atoms in total. The van der Waals surface area contributed by atoms with Crippen LogP contribution in [0.25, 0.3) is 0 Å². The molecule has 1 saturated heterocycles. The van der Waals surface area contributed by atoms with Gasteiger partial charge in [-0.3, -0.25) is 4.79 Å². The fraction of sp³-hybridized carbons (Fsp3) is 0.429. The van der Waals surface area contributed by atoms with E-state index in [-0.39, 0.29) is 37.9 Å². The highest BCUT2D eigenvalue weighted by Crippen LogP contribution is 2.43. The van der Waals surface area contributed by atoms with Crippen molar-refractivity contribution in [2.24, 2.45) is 5.92 Å². The van der Waals surface area contributed by atoms with Gasteiger partial charge in [-0.25, -0.2) is 4.79 Å². The smallest absolute Gasteiger partial charge is 0.325 e. The molecule has 1 fully saturated rings. The van der Waals surface area contributed by atoms with Gasteiger partial charge < -0.3 is 30.0 Å². The van der Waals surface area contributed by atoms with Gasteiger partial charge in [-0.05, 0) is 30.5 Å². The summed E-state index contributed by atoms with van der Waals surface area (Å²) in [5, 5.41) is 23.9. The van der Waals surface area contributed by atoms with Crippen LogP contribution in [0, 0.1) is 12.8 Å². The number of nitrogens with zero attached hydrogens (tertiary/aromatic N) is 2. The number of aryl methyl sites for hydroxylation is 1. The van der Waals surface area contributed by atoms with Gasteiger partial charge in [0.25, 0.3) is 0 Å². The summed E-state index contributed by atoms with van der Waals surface area (Å²) in [6.45, 7) is 6.13. The maximum absolute atomic E-state index is 12.0. The Morgan fingerprint density at radius 1 is 1.02 bits per heavy atom. The Balaban J connectivity index is 1.42. The number of carbonyl (C=O) groups excluding carboxylic acids is 2. The topological polar surface area (TPSA) is 132 Å². The first-order valence-electron chi connectivity index (χ1n) is 13.1. The number of aliphatic hydroxyl groups excluding tert-OH is 1. The predicted octanol–water partition coefficient (Wildman–Crippen LogP) is 4.28. The van der Waals surface area contributed by atoms with E-state index in [2.05, 4.69) is 27.8 Å². The highest BCUT2D eigenvalue weighted by molar-refractivity contribution is 8.01. The van der Waals surface area contributed by atoms with Crippen LogP contribution in [-0.4, -0.2) is 52.3 Å².